The summed E-state index contributed by atoms with van der Waals surface area (Å²) in [5.74, 6) is 1.85. The third kappa shape index (κ3) is 5.11. The van der Waals surface area contributed by atoms with Crippen LogP contribution in [0, 0.1) is 0 Å². The maximum absolute atomic E-state index is 14.9. The molecule has 10 nitrogen and oxygen atoms in total. The molecule has 8 rings (SSSR count). The number of halogens is 2. The highest BCUT2D eigenvalue weighted by Crippen LogP contribution is 2.44. The fraction of sp³-hybridized carbons (Fsp3) is 0.500. The zero-order valence-electron chi connectivity index (χ0n) is 26.2. The first kappa shape index (κ1) is 29.4. The van der Waals surface area contributed by atoms with Crippen LogP contribution in [0.1, 0.15) is 61.0 Å². The molecular weight excluding hydrogens is 590 g/mol. The van der Waals surface area contributed by atoms with Crippen molar-refractivity contribution in [2.24, 2.45) is 0 Å². The number of rotatable bonds is 5. The Hall–Kier alpha value is -4.03. The topological polar surface area (TPSA) is 83.2 Å². The van der Waals surface area contributed by atoms with E-state index in [0.717, 1.165) is 104 Å². The Morgan fingerprint density at radius 3 is 2.67 bits per heavy atom. The Bertz CT molecular complexity index is 1770. The summed E-state index contributed by atoms with van der Waals surface area (Å²) in [4.78, 5) is 23.4. The number of imidazole rings is 1. The van der Waals surface area contributed by atoms with Crippen molar-refractivity contribution in [1.29, 1.82) is 0 Å². The number of pyridine rings is 1. The molecule has 1 amide bonds. The maximum atomic E-state index is 14.9. The van der Waals surface area contributed by atoms with Crippen LogP contribution in [0.15, 0.2) is 36.7 Å². The summed E-state index contributed by atoms with van der Waals surface area (Å²) in [5, 5.41) is 8.58. The highest BCUT2D eigenvalue weighted by Gasteiger charge is 2.34. The number of aryl methyl sites for hydroxylation is 1. The Morgan fingerprint density at radius 1 is 1.07 bits per heavy atom. The quantitative estimate of drug-likeness (QED) is 0.337. The van der Waals surface area contributed by atoms with Gasteiger partial charge in [0, 0.05) is 94.5 Å². The number of ether oxygens (including phenoxy) is 1. The van der Waals surface area contributed by atoms with E-state index < -0.39 is 6.43 Å². The minimum atomic E-state index is -2.65. The SMILES string of the molecule is CC(=O)N1CCc2c(c(N3CCCc4cc(-c5ccn6c(N7CCNCC7)cnc6c5)c(C(F)F)cc43)nn2C2CCOCC2)C1. The number of fused-ring (bicyclic) bond motifs is 3. The smallest absolute Gasteiger partial charge is 0.264 e. The van der Waals surface area contributed by atoms with Gasteiger partial charge in [-0.3, -0.25) is 13.9 Å². The molecule has 0 spiro atoms. The second-order valence-corrected chi connectivity index (χ2v) is 12.8. The van der Waals surface area contributed by atoms with Crippen LogP contribution in [-0.4, -0.2) is 82.5 Å². The van der Waals surface area contributed by atoms with E-state index in [1.807, 2.05) is 39.9 Å². The molecule has 1 N–H and O–H groups in total. The Labute approximate surface area is 266 Å². The number of hydrogen-bond donors (Lipinski definition) is 1. The number of aromatic nitrogens is 4. The van der Waals surface area contributed by atoms with Gasteiger partial charge in [-0.15, -0.1) is 0 Å². The molecule has 46 heavy (non-hydrogen) atoms. The predicted octanol–water partition coefficient (Wildman–Crippen LogP) is 4.89. The summed E-state index contributed by atoms with van der Waals surface area (Å²) in [6.45, 7) is 8.45. The Morgan fingerprint density at radius 2 is 1.89 bits per heavy atom. The van der Waals surface area contributed by atoms with Crippen molar-refractivity contribution in [3.8, 4) is 11.1 Å². The lowest BCUT2D eigenvalue weighted by Gasteiger charge is -2.33. The number of carbonyl (C=O) groups excluding carboxylic acids is 1. The van der Waals surface area contributed by atoms with E-state index in [-0.39, 0.29) is 17.5 Å². The van der Waals surface area contributed by atoms with Gasteiger partial charge in [0.05, 0.1) is 18.8 Å². The zero-order chi connectivity index (χ0) is 31.4. The molecule has 2 fully saturated rings. The largest absolute Gasteiger partial charge is 0.381 e. The van der Waals surface area contributed by atoms with Gasteiger partial charge >= 0.3 is 0 Å². The van der Waals surface area contributed by atoms with E-state index in [4.69, 9.17) is 9.84 Å². The van der Waals surface area contributed by atoms with E-state index in [9.17, 15) is 13.6 Å². The average molecular weight is 631 g/mol. The first-order valence-corrected chi connectivity index (χ1v) is 16.6. The minimum absolute atomic E-state index is 0.00646. The van der Waals surface area contributed by atoms with Crippen molar-refractivity contribution in [3.63, 3.8) is 0 Å². The van der Waals surface area contributed by atoms with Crippen LogP contribution >= 0.6 is 0 Å². The third-order valence-electron chi connectivity index (χ3n) is 10.2. The molecule has 1 aromatic carbocycles. The number of carbonyl (C=O) groups is 1. The second-order valence-electron chi connectivity index (χ2n) is 12.8. The van der Waals surface area contributed by atoms with Crippen LogP contribution < -0.4 is 15.1 Å². The highest BCUT2D eigenvalue weighted by atomic mass is 19.3. The van der Waals surface area contributed by atoms with E-state index in [1.54, 1.807) is 13.0 Å². The summed E-state index contributed by atoms with van der Waals surface area (Å²) >= 11 is 0. The van der Waals surface area contributed by atoms with Crippen molar-refractivity contribution in [2.45, 2.75) is 58.0 Å². The molecule has 7 heterocycles. The van der Waals surface area contributed by atoms with Crippen LogP contribution in [-0.2, 0) is 28.9 Å². The number of alkyl halides is 2. The number of hydrogen-bond acceptors (Lipinski definition) is 7. The van der Waals surface area contributed by atoms with Gasteiger partial charge in [-0.25, -0.2) is 13.8 Å². The van der Waals surface area contributed by atoms with E-state index in [2.05, 4.69) is 24.8 Å². The number of nitrogens with one attached hydrogen (secondary N) is 1. The molecule has 12 heteroatoms. The first-order valence-electron chi connectivity index (χ1n) is 16.6. The molecule has 0 bridgehead atoms. The Balaban J connectivity index is 1.19. The maximum Gasteiger partial charge on any atom is 0.264 e. The normalized spacial score (nSPS) is 19.2. The van der Waals surface area contributed by atoms with Gasteiger partial charge in [0.25, 0.3) is 6.43 Å². The van der Waals surface area contributed by atoms with Gasteiger partial charge in [-0.1, -0.05) is 0 Å². The number of anilines is 3. The first-order chi connectivity index (χ1) is 22.5. The van der Waals surface area contributed by atoms with Crippen LogP contribution in [0.2, 0.25) is 0 Å². The molecule has 0 atom stereocenters. The summed E-state index contributed by atoms with van der Waals surface area (Å²) in [7, 11) is 0. The molecule has 3 aromatic heterocycles. The summed E-state index contributed by atoms with van der Waals surface area (Å²) in [6.07, 6.45) is 5.34. The van der Waals surface area contributed by atoms with Crippen LogP contribution in [0.4, 0.5) is 26.1 Å². The van der Waals surface area contributed by atoms with Gasteiger partial charge < -0.3 is 24.8 Å². The van der Waals surface area contributed by atoms with Crippen molar-refractivity contribution in [1.82, 2.24) is 29.4 Å². The van der Waals surface area contributed by atoms with Crippen molar-refractivity contribution in [3.05, 3.63) is 59.0 Å². The third-order valence-corrected chi connectivity index (χ3v) is 10.2. The van der Waals surface area contributed by atoms with E-state index >= 15 is 0 Å². The van der Waals surface area contributed by atoms with Gasteiger partial charge in [-0.05, 0) is 66.6 Å². The lowest BCUT2D eigenvalue weighted by molar-refractivity contribution is -0.129. The number of nitrogens with zero attached hydrogens (tertiary/aromatic N) is 7. The van der Waals surface area contributed by atoms with Crippen LogP contribution in [0.5, 0.6) is 0 Å². The van der Waals surface area contributed by atoms with Crippen molar-refractivity contribution in [2.75, 3.05) is 62.3 Å². The minimum Gasteiger partial charge on any atom is -0.381 e. The molecule has 0 aliphatic carbocycles. The molecule has 4 aliphatic rings. The second kappa shape index (κ2) is 12.0. The zero-order valence-corrected chi connectivity index (χ0v) is 26.2. The number of piperazine rings is 1. The molecule has 4 aromatic rings. The molecule has 0 saturated carbocycles. The van der Waals surface area contributed by atoms with Gasteiger partial charge in [0.15, 0.2) is 5.82 Å². The van der Waals surface area contributed by atoms with Gasteiger partial charge in [0.1, 0.15) is 11.5 Å². The summed E-state index contributed by atoms with van der Waals surface area (Å²) < 4.78 is 39.7. The van der Waals surface area contributed by atoms with Crippen LogP contribution in [0.25, 0.3) is 16.8 Å². The van der Waals surface area contributed by atoms with Crippen molar-refractivity contribution < 1.29 is 18.3 Å². The Kier molecular flexibility index (Phi) is 7.64. The average Bonchev–Trinajstić information content (AvgIpc) is 3.69. The molecule has 0 radical (unpaired) electrons. The summed E-state index contributed by atoms with van der Waals surface area (Å²) in [5.41, 5.74) is 6.04. The molecular formula is C34H40F2N8O2. The standard InChI is InChI=1S/C34H40F2N8O2/c1-22(45)41-11-5-29-28(21-41)34(39-44(29)25-6-15-46-16-7-25)42-10-2-3-24-17-26(27(33(35)36)19-30(24)42)23-4-12-43-31(18-23)38-20-32(43)40-13-8-37-9-14-40/h4,12,17-20,25,33,37H,2-3,5-11,13-16,21H2,1H3. The number of amides is 1. The fourth-order valence-electron chi connectivity index (χ4n) is 7.71. The molecule has 4 aliphatic heterocycles. The van der Waals surface area contributed by atoms with E-state index in [0.29, 0.717) is 38.4 Å². The predicted molar refractivity (Wildman–Crippen MR) is 172 cm³/mol. The lowest BCUT2D eigenvalue weighted by atomic mass is 9.92. The highest BCUT2D eigenvalue weighted by molar-refractivity contribution is 5.79. The lowest BCUT2D eigenvalue weighted by Crippen LogP contribution is -2.44. The molecule has 242 valence electrons. The molecule has 0 unspecified atom stereocenters. The van der Waals surface area contributed by atoms with Gasteiger partial charge in [0.2, 0.25) is 5.91 Å². The van der Waals surface area contributed by atoms with E-state index in [1.165, 1.54) is 0 Å². The fourth-order valence-corrected chi connectivity index (χ4v) is 7.71. The monoisotopic (exact) mass is 630 g/mol. The molecule has 2 saturated heterocycles. The van der Waals surface area contributed by atoms with Crippen LogP contribution in [0.3, 0.4) is 0 Å². The van der Waals surface area contributed by atoms with Gasteiger partial charge in [-0.2, -0.15) is 5.10 Å². The van der Waals surface area contributed by atoms with Crippen molar-refractivity contribution >= 4 is 28.9 Å². The summed E-state index contributed by atoms with van der Waals surface area (Å²) in [6, 6.07) is 7.72. The number of benzene rings is 1.